The number of benzene rings is 2. The van der Waals surface area contributed by atoms with E-state index in [1.54, 1.807) is 21.7 Å². The molecule has 0 atom stereocenters. The molecule has 0 aliphatic carbocycles. The standard InChI is InChI=1S/C19H20ClN5OS/c1-13-7-8-15(14(2)9-13)11-24(3)18(26)12-27-19-21-22-23-25(19)17-6-4-5-16(20)10-17/h4-10H,11-12H2,1-3H3. The quantitative estimate of drug-likeness (QED) is 0.589. The summed E-state index contributed by atoms with van der Waals surface area (Å²) in [6, 6.07) is 13.5. The molecule has 8 heteroatoms. The molecule has 3 aromatic rings. The lowest BCUT2D eigenvalue weighted by Gasteiger charge is -2.18. The van der Waals surface area contributed by atoms with Crippen LogP contribution in [0.2, 0.25) is 5.02 Å². The van der Waals surface area contributed by atoms with E-state index >= 15 is 0 Å². The highest BCUT2D eigenvalue weighted by atomic mass is 35.5. The Kier molecular flexibility index (Phi) is 6.13. The summed E-state index contributed by atoms with van der Waals surface area (Å²) in [7, 11) is 1.81. The summed E-state index contributed by atoms with van der Waals surface area (Å²) in [5.74, 6) is 0.267. The van der Waals surface area contributed by atoms with Crippen molar-refractivity contribution in [2.24, 2.45) is 0 Å². The number of rotatable bonds is 6. The van der Waals surface area contributed by atoms with Gasteiger partial charge in [-0.1, -0.05) is 53.2 Å². The van der Waals surface area contributed by atoms with E-state index < -0.39 is 0 Å². The number of halogens is 1. The van der Waals surface area contributed by atoms with Crippen LogP contribution in [0, 0.1) is 13.8 Å². The molecule has 0 aliphatic rings. The molecule has 0 aliphatic heterocycles. The zero-order valence-electron chi connectivity index (χ0n) is 15.4. The Hall–Kier alpha value is -2.38. The maximum atomic E-state index is 12.5. The predicted molar refractivity (Wildman–Crippen MR) is 107 cm³/mol. The van der Waals surface area contributed by atoms with Crippen molar-refractivity contribution in [2.75, 3.05) is 12.8 Å². The van der Waals surface area contributed by atoms with Crippen LogP contribution >= 0.6 is 23.4 Å². The SMILES string of the molecule is Cc1ccc(CN(C)C(=O)CSc2nnnn2-c2cccc(Cl)c2)c(C)c1. The first kappa shape index (κ1) is 19.4. The molecule has 2 aromatic carbocycles. The number of aromatic nitrogens is 4. The van der Waals surface area contributed by atoms with Crippen molar-refractivity contribution < 1.29 is 4.79 Å². The summed E-state index contributed by atoms with van der Waals surface area (Å²) < 4.78 is 1.58. The average molecular weight is 402 g/mol. The Morgan fingerprint density at radius 1 is 1.22 bits per heavy atom. The van der Waals surface area contributed by atoms with Crippen molar-refractivity contribution >= 4 is 29.3 Å². The van der Waals surface area contributed by atoms with E-state index in [4.69, 9.17) is 11.6 Å². The van der Waals surface area contributed by atoms with E-state index in [9.17, 15) is 4.79 Å². The number of aryl methyl sites for hydroxylation is 2. The second-order valence-electron chi connectivity index (χ2n) is 6.32. The number of hydrogen-bond donors (Lipinski definition) is 0. The van der Waals surface area contributed by atoms with Crippen LogP contribution in [-0.2, 0) is 11.3 Å². The molecule has 1 amide bonds. The highest BCUT2D eigenvalue weighted by molar-refractivity contribution is 7.99. The summed E-state index contributed by atoms with van der Waals surface area (Å²) in [6.07, 6.45) is 0. The number of carbonyl (C=O) groups excluding carboxylic acids is 1. The van der Waals surface area contributed by atoms with Gasteiger partial charge in [0, 0.05) is 18.6 Å². The second-order valence-corrected chi connectivity index (χ2v) is 7.70. The average Bonchev–Trinajstić information content (AvgIpc) is 3.10. The van der Waals surface area contributed by atoms with Gasteiger partial charge >= 0.3 is 0 Å². The first-order valence-corrected chi connectivity index (χ1v) is 9.77. The van der Waals surface area contributed by atoms with Gasteiger partial charge in [-0.05, 0) is 53.6 Å². The van der Waals surface area contributed by atoms with Gasteiger partial charge in [0.25, 0.3) is 0 Å². The summed E-state index contributed by atoms with van der Waals surface area (Å²) >= 11 is 7.33. The van der Waals surface area contributed by atoms with Crippen LogP contribution in [0.5, 0.6) is 0 Å². The molecule has 0 spiro atoms. The normalized spacial score (nSPS) is 10.8. The molecule has 0 bridgehead atoms. The van der Waals surface area contributed by atoms with Crippen LogP contribution in [0.15, 0.2) is 47.6 Å². The van der Waals surface area contributed by atoms with Crippen LogP contribution in [0.4, 0.5) is 0 Å². The molecule has 6 nitrogen and oxygen atoms in total. The Balaban J connectivity index is 1.63. The van der Waals surface area contributed by atoms with E-state index in [0.29, 0.717) is 16.7 Å². The van der Waals surface area contributed by atoms with Crippen molar-refractivity contribution in [1.82, 2.24) is 25.1 Å². The molecule has 0 fully saturated rings. The minimum Gasteiger partial charge on any atom is -0.341 e. The fourth-order valence-corrected chi connectivity index (χ4v) is 3.66. The van der Waals surface area contributed by atoms with Gasteiger partial charge in [-0.2, -0.15) is 4.68 Å². The third kappa shape index (κ3) is 4.87. The molecule has 0 radical (unpaired) electrons. The van der Waals surface area contributed by atoms with Crippen LogP contribution in [0.1, 0.15) is 16.7 Å². The Morgan fingerprint density at radius 3 is 2.78 bits per heavy atom. The van der Waals surface area contributed by atoms with E-state index in [1.165, 1.54) is 22.9 Å². The third-order valence-electron chi connectivity index (χ3n) is 4.15. The van der Waals surface area contributed by atoms with Crippen LogP contribution in [-0.4, -0.2) is 43.8 Å². The highest BCUT2D eigenvalue weighted by Gasteiger charge is 2.15. The summed E-state index contributed by atoms with van der Waals surface area (Å²) in [6.45, 7) is 4.70. The lowest BCUT2D eigenvalue weighted by molar-refractivity contribution is -0.127. The molecule has 3 rings (SSSR count). The lowest BCUT2D eigenvalue weighted by atomic mass is 10.1. The maximum absolute atomic E-state index is 12.5. The topological polar surface area (TPSA) is 63.9 Å². The van der Waals surface area contributed by atoms with Gasteiger partial charge in [0.1, 0.15) is 0 Å². The zero-order valence-corrected chi connectivity index (χ0v) is 17.0. The van der Waals surface area contributed by atoms with Gasteiger partial charge in [0.05, 0.1) is 11.4 Å². The Labute approximate surface area is 167 Å². The fourth-order valence-electron chi connectivity index (χ4n) is 2.64. The molecule has 1 heterocycles. The largest absolute Gasteiger partial charge is 0.341 e. The van der Waals surface area contributed by atoms with Gasteiger partial charge in [-0.15, -0.1) is 5.10 Å². The molecule has 0 saturated heterocycles. The molecule has 0 N–H and O–H groups in total. The first-order valence-electron chi connectivity index (χ1n) is 8.41. The Morgan fingerprint density at radius 2 is 2.04 bits per heavy atom. The number of tetrazole rings is 1. The smallest absolute Gasteiger partial charge is 0.233 e. The monoisotopic (exact) mass is 401 g/mol. The predicted octanol–water partition coefficient (Wildman–Crippen LogP) is 3.68. The van der Waals surface area contributed by atoms with Crippen LogP contribution in [0.3, 0.4) is 0 Å². The summed E-state index contributed by atoms with van der Waals surface area (Å²) in [5.41, 5.74) is 4.30. The van der Waals surface area contributed by atoms with Gasteiger partial charge in [-0.25, -0.2) is 0 Å². The Bertz CT molecular complexity index is 959. The summed E-state index contributed by atoms with van der Waals surface area (Å²) in [4.78, 5) is 14.2. The molecule has 27 heavy (non-hydrogen) atoms. The van der Waals surface area contributed by atoms with Crippen molar-refractivity contribution in [3.63, 3.8) is 0 Å². The van der Waals surface area contributed by atoms with Crippen molar-refractivity contribution in [3.05, 3.63) is 64.2 Å². The van der Waals surface area contributed by atoms with Gasteiger partial charge in [0.15, 0.2) is 0 Å². The third-order valence-corrected chi connectivity index (χ3v) is 5.29. The highest BCUT2D eigenvalue weighted by Crippen LogP contribution is 2.21. The van der Waals surface area contributed by atoms with E-state index in [2.05, 4.69) is 47.6 Å². The van der Waals surface area contributed by atoms with Crippen LogP contribution < -0.4 is 0 Å². The zero-order chi connectivity index (χ0) is 19.4. The van der Waals surface area contributed by atoms with E-state index in [-0.39, 0.29) is 11.7 Å². The van der Waals surface area contributed by atoms with Gasteiger partial charge in [0.2, 0.25) is 11.1 Å². The summed E-state index contributed by atoms with van der Waals surface area (Å²) in [5, 5.41) is 12.9. The van der Waals surface area contributed by atoms with Crippen molar-refractivity contribution in [2.45, 2.75) is 25.5 Å². The van der Waals surface area contributed by atoms with E-state index in [1.807, 2.05) is 19.2 Å². The molecule has 140 valence electrons. The second kappa shape index (κ2) is 8.54. The minimum atomic E-state index is 0.0145. The number of hydrogen-bond acceptors (Lipinski definition) is 5. The molecule has 0 saturated carbocycles. The molecule has 1 aromatic heterocycles. The van der Waals surface area contributed by atoms with Gasteiger partial charge < -0.3 is 4.90 Å². The number of nitrogens with zero attached hydrogens (tertiary/aromatic N) is 5. The molecular weight excluding hydrogens is 382 g/mol. The first-order chi connectivity index (χ1) is 12.9. The lowest BCUT2D eigenvalue weighted by Crippen LogP contribution is -2.28. The van der Waals surface area contributed by atoms with Crippen molar-refractivity contribution in [1.29, 1.82) is 0 Å². The van der Waals surface area contributed by atoms with Gasteiger partial charge in [-0.3, -0.25) is 4.79 Å². The molecule has 0 unspecified atom stereocenters. The molecular formula is C19H20ClN5OS. The number of carbonyl (C=O) groups is 1. The fraction of sp³-hybridized carbons (Fsp3) is 0.263. The van der Waals surface area contributed by atoms with Crippen LogP contribution in [0.25, 0.3) is 5.69 Å². The van der Waals surface area contributed by atoms with E-state index in [0.717, 1.165) is 11.3 Å². The van der Waals surface area contributed by atoms with Crippen molar-refractivity contribution in [3.8, 4) is 5.69 Å². The number of amides is 1. The number of thioether (sulfide) groups is 1. The minimum absolute atomic E-state index is 0.0145. The maximum Gasteiger partial charge on any atom is 0.233 e.